The van der Waals surface area contributed by atoms with Crippen molar-refractivity contribution in [1.29, 1.82) is 0 Å². The number of quaternary nitrogens is 1. The summed E-state index contributed by atoms with van der Waals surface area (Å²) in [6.07, 6.45) is 53.4. The predicted octanol–water partition coefficient (Wildman–Crippen LogP) is 14.8. The SMILES string of the molecule is CCCCCCCCCC/C=C\CCCCCCCCCCCCCCCCCCCCCCCCCC(=O)NC(COP(=O)([O-])OCC[N+](C)(C)C)C(O)CCCCCC. The summed E-state index contributed by atoms with van der Waals surface area (Å²) in [4.78, 5) is 25.1. The van der Waals surface area contributed by atoms with E-state index in [1.807, 2.05) is 21.1 Å². The molecule has 2 N–H and O–H groups in total. The van der Waals surface area contributed by atoms with Crippen LogP contribution < -0.4 is 10.2 Å². The van der Waals surface area contributed by atoms with Crippen LogP contribution in [-0.4, -0.2) is 68.5 Å². The Kier molecular flexibility index (Phi) is 43.9. The highest BCUT2D eigenvalue weighted by atomic mass is 31.2. The molecule has 3 unspecified atom stereocenters. The van der Waals surface area contributed by atoms with Gasteiger partial charge < -0.3 is 28.8 Å². The molecule has 1 amide bonds. The van der Waals surface area contributed by atoms with Crippen LogP contribution in [0.25, 0.3) is 0 Å². The first kappa shape index (κ1) is 60.2. The summed E-state index contributed by atoms with van der Waals surface area (Å²) >= 11 is 0. The summed E-state index contributed by atoms with van der Waals surface area (Å²) in [5, 5.41) is 13.7. The number of likely N-dealkylation sites (N-methyl/N-ethyl adjacent to an activating group) is 1. The molecule has 0 aliphatic carbocycles. The standard InChI is InChI=1S/C52H105N2O6P/c1-6-8-10-12-13-14-15-16-17-18-19-20-21-22-23-24-25-26-27-28-29-30-31-32-33-34-35-36-37-38-39-40-41-42-44-46-52(56)53-50(51(55)45-43-11-9-7-2)49-60-61(57,58)59-48-47-54(3,4)5/h18-19,50-51,55H,6-17,20-49H2,1-5H3,(H-,53,56,57,58)/b19-18-. The van der Waals surface area contributed by atoms with Gasteiger partial charge in [-0.3, -0.25) is 9.36 Å². The molecular weight excluding hydrogens is 780 g/mol. The maximum Gasteiger partial charge on any atom is 0.268 e. The third-order valence-corrected chi connectivity index (χ3v) is 13.2. The van der Waals surface area contributed by atoms with Gasteiger partial charge in [-0.1, -0.05) is 231 Å². The third kappa shape index (κ3) is 47.0. The second-order valence-electron chi connectivity index (χ2n) is 19.6. The molecule has 0 bridgehead atoms. The molecule has 0 aromatic heterocycles. The van der Waals surface area contributed by atoms with Crippen LogP contribution in [0.5, 0.6) is 0 Å². The van der Waals surface area contributed by atoms with Gasteiger partial charge in [-0.05, 0) is 38.5 Å². The molecule has 0 spiro atoms. The number of aliphatic hydroxyl groups is 1. The summed E-state index contributed by atoms with van der Waals surface area (Å²) in [6, 6.07) is -0.792. The number of nitrogens with one attached hydrogen (secondary N) is 1. The Morgan fingerprint density at radius 1 is 0.557 bits per heavy atom. The van der Waals surface area contributed by atoms with Crippen molar-refractivity contribution in [2.24, 2.45) is 0 Å². The van der Waals surface area contributed by atoms with Crippen molar-refractivity contribution < 1.29 is 32.9 Å². The number of unbranched alkanes of at least 4 members (excludes halogenated alkanes) is 34. The van der Waals surface area contributed by atoms with Gasteiger partial charge in [0.15, 0.2) is 0 Å². The molecule has 364 valence electrons. The average Bonchev–Trinajstić information content (AvgIpc) is 3.21. The molecule has 3 atom stereocenters. The number of phosphoric acid groups is 1. The topological polar surface area (TPSA) is 108 Å². The van der Waals surface area contributed by atoms with E-state index in [1.165, 1.54) is 193 Å². The van der Waals surface area contributed by atoms with Crippen molar-refractivity contribution in [3.8, 4) is 0 Å². The number of carbonyl (C=O) groups is 1. The molecule has 0 fully saturated rings. The molecule has 0 radical (unpaired) electrons. The van der Waals surface area contributed by atoms with Gasteiger partial charge in [-0.25, -0.2) is 0 Å². The van der Waals surface area contributed by atoms with Gasteiger partial charge in [0.25, 0.3) is 7.82 Å². The van der Waals surface area contributed by atoms with Crippen LogP contribution in [-0.2, 0) is 18.4 Å². The molecule has 0 rings (SSSR count). The van der Waals surface area contributed by atoms with E-state index in [2.05, 4.69) is 31.3 Å². The number of hydrogen-bond acceptors (Lipinski definition) is 6. The van der Waals surface area contributed by atoms with Crippen molar-refractivity contribution >= 4 is 13.7 Å². The number of hydrogen-bond donors (Lipinski definition) is 2. The van der Waals surface area contributed by atoms with E-state index in [4.69, 9.17) is 9.05 Å². The van der Waals surface area contributed by atoms with Gasteiger partial charge >= 0.3 is 0 Å². The first-order valence-corrected chi connectivity index (χ1v) is 28.0. The van der Waals surface area contributed by atoms with Crippen molar-refractivity contribution in [2.45, 2.75) is 276 Å². The number of nitrogens with zero attached hydrogens (tertiary/aromatic N) is 1. The summed E-state index contributed by atoms with van der Waals surface area (Å²) in [5.74, 6) is -0.169. The minimum absolute atomic E-state index is 0.0137. The maximum atomic E-state index is 12.8. The molecule has 0 aromatic carbocycles. The van der Waals surface area contributed by atoms with E-state index in [0.29, 0.717) is 23.9 Å². The average molecular weight is 885 g/mol. The Morgan fingerprint density at radius 3 is 1.28 bits per heavy atom. The molecule has 0 saturated heterocycles. The zero-order valence-corrected chi connectivity index (χ0v) is 42.3. The largest absolute Gasteiger partial charge is 0.756 e. The molecule has 0 heterocycles. The van der Waals surface area contributed by atoms with Gasteiger partial charge in [0.05, 0.1) is 39.9 Å². The van der Waals surface area contributed by atoms with Crippen molar-refractivity contribution in [3.63, 3.8) is 0 Å². The molecular formula is C52H105N2O6P. The minimum atomic E-state index is -4.54. The highest BCUT2D eigenvalue weighted by Gasteiger charge is 2.24. The lowest BCUT2D eigenvalue weighted by Crippen LogP contribution is -2.46. The fourth-order valence-corrected chi connectivity index (χ4v) is 8.76. The summed E-state index contributed by atoms with van der Waals surface area (Å²) in [5.41, 5.74) is 0. The Bertz CT molecular complexity index is 1000. The highest BCUT2D eigenvalue weighted by molar-refractivity contribution is 7.45. The lowest BCUT2D eigenvalue weighted by atomic mass is 10.0. The summed E-state index contributed by atoms with van der Waals surface area (Å²) in [7, 11) is 1.31. The van der Waals surface area contributed by atoms with E-state index in [9.17, 15) is 19.4 Å². The quantitative estimate of drug-likeness (QED) is 0.0273. The molecule has 9 heteroatoms. The Balaban J connectivity index is 3.66. The molecule has 8 nitrogen and oxygen atoms in total. The fraction of sp³-hybridized carbons (Fsp3) is 0.942. The summed E-state index contributed by atoms with van der Waals surface area (Å²) in [6.45, 7) is 4.61. The number of rotatable bonds is 49. The van der Waals surface area contributed by atoms with Gasteiger partial charge in [0.1, 0.15) is 13.2 Å². The van der Waals surface area contributed by atoms with Crippen LogP contribution in [0, 0.1) is 0 Å². The number of carbonyl (C=O) groups excluding carboxylic acids is 1. The van der Waals surface area contributed by atoms with Crippen LogP contribution in [0.1, 0.15) is 264 Å². The normalized spacial score (nSPS) is 14.1. The van der Waals surface area contributed by atoms with Gasteiger partial charge in [0, 0.05) is 6.42 Å². The van der Waals surface area contributed by atoms with Crippen LogP contribution in [0.3, 0.4) is 0 Å². The van der Waals surface area contributed by atoms with Crippen molar-refractivity contribution in [1.82, 2.24) is 5.32 Å². The number of amides is 1. The highest BCUT2D eigenvalue weighted by Crippen LogP contribution is 2.38. The number of phosphoric ester groups is 1. The number of aliphatic hydroxyl groups excluding tert-OH is 1. The molecule has 61 heavy (non-hydrogen) atoms. The van der Waals surface area contributed by atoms with Crippen LogP contribution in [0.15, 0.2) is 12.2 Å². The second-order valence-corrected chi connectivity index (χ2v) is 21.0. The first-order chi connectivity index (χ1) is 29.5. The third-order valence-electron chi connectivity index (χ3n) is 12.3. The van der Waals surface area contributed by atoms with Gasteiger partial charge in [-0.2, -0.15) is 0 Å². The minimum Gasteiger partial charge on any atom is -0.756 e. The lowest BCUT2D eigenvalue weighted by molar-refractivity contribution is -0.870. The molecule has 0 aromatic rings. The van der Waals surface area contributed by atoms with E-state index in [-0.39, 0.29) is 19.1 Å². The monoisotopic (exact) mass is 885 g/mol. The maximum absolute atomic E-state index is 12.8. The Labute approximate surface area is 380 Å². The lowest BCUT2D eigenvalue weighted by Gasteiger charge is -2.30. The summed E-state index contributed by atoms with van der Waals surface area (Å²) < 4.78 is 23.0. The fourth-order valence-electron chi connectivity index (χ4n) is 8.04. The zero-order chi connectivity index (χ0) is 45.0. The van der Waals surface area contributed by atoms with Crippen LogP contribution >= 0.6 is 7.82 Å². The first-order valence-electron chi connectivity index (χ1n) is 26.5. The van der Waals surface area contributed by atoms with Gasteiger partial charge in [-0.15, -0.1) is 0 Å². The van der Waals surface area contributed by atoms with E-state index >= 15 is 0 Å². The molecule has 0 aliphatic rings. The van der Waals surface area contributed by atoms with Crippen molar-refractivity contribution in [3.05, 3.63) is 12.2 Å². The van der Waals surface area contributed by atoms with Crippen LogP contribution in [0.2, 0.25) is 0 Å². The molecule has 0 saturated carbocycles. The smallest absolute Gasteiger partial charge is 0.268 e. The zero-order valence-electron chi connectivity index (χ0n) is 41.4. The Hall–Kier alpha value is -0.760. The van der Waals surface area contributed by atoms with Crippen LogP contribution in [0.4, 0.5) is 0 Å². The van der Waals surface area contributed by atoms with E-state index in [1.54, 1.807) is 0 Å². The predicted molar refractivity (Wildman–Crippen MR) is 261 cm³/mol. The van der Waals surface area contributed by atoms with Gasteiger partial charge in [0.2, 0.25) is 5.91 Å². The van der Waals surface area contributed by atoms with E-state index in [0.717, 1.165) is 44.9 Å². The van der Waals surface area contributed by atoms with E-state index < -0.39 is 20.0 Å². The second kappa shape index (κ2) is 44.4. The van der Waals surface area contributed by atoms with Crippen molar-refractivity contribution in [2.75, 3.05) is 40.9 Å². The molecule has 0 aliphatic heterocycles. The number of allylic oxidation sites excluding steroid dienone is 2. The Morgan fingerprint density at radius 2 is 0.902 bits per heavy atom.